The molecule has 1 aromatic heterocycles. The molecular weight excluding hydrogens is 727 g/mol. The van der Waals surface area contributed by atoms with E-state index < -0.39 is 24.3 Å². The minimum Gasteiger partial charge on any atom is -0.453 e. The molecule has 2 aliphatic rings. The smallest absolute Gasteiger partial charge is 0.407 e. The molecule has 1 unspecified atom stereocenters. The molecule has 14 heteroatoms. The molecule has 0 spiro atoms. The van der Waals surface area contributed by atoms with Gasteiger partial charge < -0.3 is 40.2 Å². The minimum absolute atomic E-state index is 0.117. The summed E-state index contributed by atoms with van der Waals surface area (Å²) in [5.41, 5.74) is 4.17. The van der Waals surface area contributed by atoms with Crippen LogP contribution >= 0.6 is 0 Å². The number of hydrogen-bond donors (Lipinski definition) is 4. The van der Waals surface area contributed by atoms with Crippen LogP contribution in [0.5, 0.6) is 0 Å². The second-order valence-corrected chi connectivity index (χ2v) is 15.5. The van der Waals surface area contributed by atoms with Crippen molar-refractivity contribution in [2.24, 2.45) is 11.8 Å². The van der Waals surface area contributed by atoms with Gasteiger partial charge in [-0.3, -0.25) is 14.4 Å². The van der Waals surface area contributed by atoms with Crippen LogP contribution in [0.3, 0.4) is 0 Å². The molecule has 5 amide bonds. The SMILES string of the molecule is COC(=O)N[C@H](C(=O)N1CCCC1c1ncc(-c2ccc3cc(-c4cccc(C(=O)NC[C@@H]5CCCN5C(=O)[C@@H](NC(=O)OC)C(C)C)c4)ccc3c2)[nH]1)C(C)C. The van der Waals surface area contributed by atoms with Gasteiger partial charge in [0.25, 0.3) is 5.91 Å². The summed E-state index contributed by atoms with van der Waals surface area (Å²) in [6, 6.07) is 18.0. The molecule has 4 atom stereocenters. The normalized spacial score (nSPS) is 17.8. The quantitative estimate of drug-likeness (QED) is 0.135. The molecule has 0 bridgehead atoms. The third kappa shape index (κ3) is 9.22. The van der Waals surface area contributed by atoms with E-state index in [9.17, 15) is 24.0 Å². The van der Waals surface area contributed by atoms with Crippen LogP contribution in [0.2, 0.25) is 0 Å². The number of aromatic amines is 1. The van der Waals surface area contributed by atoms with Gasteiger partial charge in [0.15, 0.2) is 0 Å². The number of carbonyl (C=O) groups is 5. The third-order valence-electron chi connectivity index (χ3n) is 11.0. The molecule has 4 N–H and O–H groups in total. The molecule has 0 saturated carbocycles. The average Bonchev–Trinajstić information content (AvgIpc) is 4.01. The lowest BCUT2D eigenvalue weighted by Gasteiger charge is -2.30. The van der Waals surface area contributed by atoms with Gasteiger partial charge in [-0.25, -0.2) is 14.6 Å². The zero-order valence-electron chi connectivity index (χ0n) is 33.5. The van der Waals surface area contributed by atoms with Crippen LogP contribution in [0.15, 0.2) is 66.9 Å². The Morgan fingerprint density at radius 1 is 0.754 bits per heavy atom. The van der Waals surface area contributed by atoms with Gasteiger partial charge in [-0.2, -0.15) is 0 Å². The van der Waals surface area contributed by atoms with Gasteiger partial charge >= 0.3 is 12.2 Å². The lowest BCUT2D eigenvalue weighted by molar-refractivity contribution is -0.136. The van der Waals surface area contributed by atoms with Crippen LogP contribution in [-0.2, 0) is 19.1 Å². The maximum atomic E-state index is 13.6. The number of benzene rings is 3. The predicted octanol–water partition coefficient (Wildman–Crippen LogP) is 6.04. The van der Waals surface area contributed by atoms with Gasteiger partial charge in [-0.15, -0.1) is 0 Å². The lowest BCUT2D eigenvalue weighted by Crippen LogP contribution is -2.54. The maximum Gasteiger partial charge on any atom is 0.407 e. The average molecular weight is 780 g/mol. The molecule has 6 rings (SSSR count). The summed E-state index contributed by atoms with van der Waals surface area (Å²) in [7, 11) is 2.55. The number of aromatic nitrogens is 2. The van der Waals surface area contributed by atoms with Crippen molar-refractivity contribution in [3.8, 4) is 22.4 Å². The number of nitrogens with zero attached hydrogens (tertiary/aromatic N) is 3. The van der Waals surface area contributed by atoms with E-state index in [2.05, 4.69) is 50.2 Å². The van der Waals surface area contributed by atoms with Crippen molar-refractivity contribution >= 4 is 40.7 Å². The Labute approximate surface area is 333 Å². The van der Waals surface area contributed by atoms with Crippen molar-refractivity contribution in [2.45, 2.75) is 77.5 Å². The monoisotopic (exact) mass is 779 g/mol. The Balaban J connectivity index is 1.11. The van der Waals surface area contributed by atoms with E-state index in [0.29, 0.717) is 31.0 Å². The zero-order valence-corrected chi connectivity index (χ0v) is 33.5. The van der Waals surface area contributed by atoms with Gasteiger partial charge in [0.05, 0.1) is 32.2 Å². The standard InChI is InChI=1S/C43H53N7O7/c1-25(2)36(47-42(54)56-5)40(52)49-18-8-12-33(49)23-45-39(51)32-11-7-10-27(22-32)28-14-15-30-21-31(17-16-29(30)20-28)34-24-44-38(46-34)35-13-9-19-50(35)41(53)37(26(3)4)48-43(55)57-6/h7,10-11,14-17,20-22,24-26,33,35-37H,8-9,12-13,18-19,23H2,1-6H3,(H,44,46)(H,45,51)(H,47,54)(H,48,55)/t33-,35?,36-,37-/m0/s1. The molecule has 4 aromatic rings. The summed E-state index contributed by atoms with van der Waals surface area (Å²) in [6.07, 6.45) is 3.68. The number of alkyl carbamates (subject to hydrolysis) is 2. The fourth-order valence-electron chi connectivity index (χ4n) is 7.81. The number of amides is 5. The van der Waals surface area contributed by atoms with E-state index in [0.717, 1.165) is 58.8 Å². The van der Waals surface area contributed by atoms with E-state index in [1.165, 1.54) is 14.2 Å². The number of imidazole rings is 1. The first-order chi connectivity index (χ1) is 27.4. The fraction of sp³-hybridized carbons (Fsp3) is 0.442. The number of hydrogen-bond acceptors (Lipinski definition) is 8. The van der Waals surface area contributed by atoms with E-state index in [1.807, 2.05) is 58.0 Å². The molecule has 2 fully saturated rings. The van der Waals surface area contributed by atoms with Crippen molar-refractivity contribution < 1.29 is 33.4 Å². The lowest BCUT2D eigenvalue weighted by atomic mass is 9.98. The van der Waals surface area contributed by atoms with Crippen LogP contribution in [0.25, 0.3) is 33.2 Å². The van der Waals surface area contributed by atoms with E-state index in [4.69, 9.17) is 9.47 Å². The highest BCUT2D eigenvalue weighted by atomic mass is 16.5. The first kappa shape index (κ1) is 40.7. The summed E-state index contributed by atoms with van der Waals surface area (Å²) in [5, 5.41) is 10.4. The summed E-state index contributed by atoms with van der Waals surface area (Å²) in [5.74, 6) is -0.0984. The number of methoxy groups -OCH3 is 2. The van der Waals surface area contributed by atoms with Crippen LogP contribution < -0.4 is 16.0 Å². The van der Waals surface area contributed by atoms with Crippen molar-refractivity contribution in [3.05, 3.63) is 78.2 Å². The van der Waals surface area contributed by atoms with Crippen LogP contribution in [0.4, 0.5) is 9.59 Å². The number of rotatable bonds is 12. The van der Waals surface area contributed by atoms with Gasteiger partial charge in [0.2, 0.25) is 11.8 Å². The molecule has 302 valence electrons. The third-order valence-corrected chi connectivity index (χ3v) is 11.0. The van der Waals surface area contributed by atoms with Gasteiger partial charge in [0.1, 0.15) is 17.9 Å². The highest BCUT2D eigenvalue weighted by Gasteiger charge is 2.38. The highest BCUT2D eigenvalue weighted by Crippen LogP contribution is 2.34. The summed E-state index contributed by atoms with van der Waals surface area (Å²) in [6.45, 7) is 8.98. The number of H-pyrrole nitrogens is 1. The number of fused-ring (bicyclic) bond motifs is 1. The van der Waals surface area contributed by atoms with Gasteiger partial charge in [0, 0.05) is 36.8 Å². The Bertz CT molecular complexity index is 2110. The van der Waals surface area contributed by atoms with Crippen molar-refractivity contribution in [3.63, 3.8) is 0 Å². The van der Waals surface area contributed by atoms with E-state index in [1.54, 1.807) is 22.1 Å². The topological polar surface area (TPSA) is 175 Å². The minimum atomic E-state index is -0.716. The van der Waals surface area contributed by atoms with Gasteiger partial charge in [-0.05, 0) is 83.7 Å². The predicted molar refractivity (Wildman–Crippen MR) is 216 cm³/mol. The van der Waals surface area contributed by atoms with Crippen molar-refractivity contribution in [2.75, 3.05) is 33.9 Å². The molecular formula is C43H53N7O7. The number of likely N-dealkylation sites (tertiary alicyclic amines) is 2. The molecule has 0 radical (unpaired) electrons. The van der Waals surface area contributed by atoms with E-state index >= 15 is 0 Å². The molecule has 0 aliphatic carbocycles. The molecule has 2 aliphatic heterocycles. The Hall–Kier alpha value is -5.92. The van der Waals surface area contributed by atoms with Crippen LogP contribution in [0.1, 0.15) is 75.6 Å². The Morgan fingerprint density at radius 3 is 1.98 bits per heavy atom. The molecule has 57 heavy (non-hydrogen) atoms. The second kappa shape index (κ2) is 17.9. The molecule has 3 aromatic carbocycles. The van der Waals surface area contributed by atoms with Gasteiger partial charge in [-0.1, -0.05) is 64.1 Å². The van der Waals surface area contributed by atoms with E-state index in [-0.39, 0.29) is 41.6 Å². The maximum absolute atomic E-state index is 13.6. The molecule has 3 heterocycles. The first-order valence-electron chi connectivity index (χ1n) is 19.7. The number of ether oxygens (including phenoxy) is 2. The second-order valence-electron chi connectivity index (χ2n) is 15.5. The summed E-state index contributed by atoms with van der Waals surface area (Å²) < 4.78 is 9.48. The van der Waals surface area contributed by atoms with Crippen molar-refractivity contribution in [1.29, 1.82) is 0 Å². The Kier molecular flexibility index (Phi) is 12.8. The first-order valence-corrected chi connectivity index (χ1v) is 19.7. The van der Waals surface area contributed by atoms with Crippen molar-refractivity contribution in [1.82, 2.24) is 35.7 Å². The van der Waals surface area contributed by atoms with Crippen LogP contribution in [0, 0.1) is 11.8 Å². The highest BCUT2D eigenvalue weighted by molar-refractivity contribution is 5.96. The summed E-state index contributed by atoms with van der Waals surface area (Å²) >= 11 is 0. The fourth-order valence-corrected chi connectivity index (χ4v) is 7.81. The van der Waals surface area contributed by atoms with Crippen LogP contribution in [-0.4, -0.2) is 102 Å². The number of carbonyl (C=O) groups excluding carboxylic acids is 5. The largest absolute Gasteiger partial charge is 0.453 e. The summed E-state index contributed by atoms with van der Waals surface area (Å²) in [4.78, 5) is 75.9. The zero-order chi connectivity index (χ0) is 40.8. The molecule has 2 saturated heterocycles. The molecule has 14 nitrogen and oxygen atoms in total. The Morgan fingerprint density at radius 2 is 1.33 bits per heavy atom. The number of nitrogens with one attached hydrogen (secondary N) is 4.